The monoisotopic (exact) mass is 259 g/mol. The number of nitrogens with one attached hydrogen (secondary N) is 1. The van der Waals surface area contributed by atoms with Gasteiger partial charge in [-0.1, -0.05) is 12.1 Å². The summed E-state index contributed by atoms with van der Waals surface area (Å²) < 4.78 is 35.6. The molecule has 1 atom stereocenters. The van der Waals surface area contributed by atoms with Crippen molar-refractivity contribution in [1.82, 2.24) is 5.32 Å². The van der Waals surface area contributed by atoms with Crippen molar-refractivity contribution >= 4 is 9.84 Å². The maximum absolute atomic E-state index is 13.4. The summed E-state index contributed by atoms with van der Waals surface area (Å²) in [6, 6.07) is 4.84. The van der Waals surface area contributed by atoms with Gasteiger partial charge in [0, 0.05) is 12.3 Å². The summed E-state index contributed by atoms with van der Waals surface area (Å²) >= 11 is 0. The molecular formula is C12H18FNO2S. The second kappa shape index (κ2) is 5.60. The van der Waals surface area contributed by atoms with Crippen molar-refractivity contribution in [2.75, 3.05) is 19.1 Å². The molecule has 0 spiro atoms. The van der Waals surface area contributed by atoms with E-state index in [9.17, 15) is 12.8 Å². The molecule has 0 aliphatic heterocycles. The Morgan fingerprint density at radius 1 is 1.41 bits per heavy atom. The van der Waals surface area contributed by atoms with Crippen LogP contribution in [-0.2, 0) is 9.84 Å². The van der Waals surface area contributed by atoms with Crippen LogP contribution in [0.1, 0.15) is 23.6 Å². The largest absolute Gasteiger partial charge is 0.313 e. The zero-order valence-corrected chi connectivity index (χ0v) is 11.1. The number of halogens is 1. The number of hydrogen-bond acceptors (Lipinski definition) is 3. The van der Waals surface area contributed by atoms with Crippen LogP contribution in [0.15, 0.2) is 18.2 Å². The van der Waals surface area contributed by atoms with E-state index in [1.807, 2.05) is 6.07 Å². The standard InChI is InChI=1S/C12H18FNO2S/c1-9-4-5-10(8-11(9)13)12(14-2)6-7-17(3,15)16/h4-5,8,12,14H,6-7H2,1-3H3. The Morgan fingerprint density at radius 2 is 2.06 bits per heavy atom. The minimum atomic E-state index is -2.99. The van der Waals surface area contributed by atoms with Gasteiger partial charge in [0.1, 0.15) is 15.7 Å². The maximum atomic E-state index is 13.4. The van der Waals surface area contributed by atoms with E-state index in [4.69, 9.17) is 0 Å². The Labute approximate surface area is 102 Å². The molecule has 0 aliphatic rings. The second-order valence-electron chi connectivity index (χ2n) is 4.27. The Hall–Kier alpha value is -0.940. The van der Waals surface area contributed by atoms with E-state index in [0.29, 0.717) is 12.0 Å². The Morgan fingerprint density at radius 3 is 2.53 bits per heavy atom. The molecule has 0 bridgehead atoms. The molecule has 0 heterocycles. The average Bonchev–Trinajstić information content (AvgIpc) is 2.22. The van der Waals surface area contributed by atoms with Gasteiger partial charge in [0.05, 0.1) is 5.75 Å². The van der Waals surface area contributed by atoms with Crippen LogP contribution >= 0.6 is 0 Å². The SMILES string of the molecule is CNC(CCS(C)(=O)=O)c1ccc(C)c(F)c1. The zero-order valence-electron chi connectivity index (χ0n) is 10.3. The molecular weight excluding hydrogens is 241 g/mol. The highest BCUT2D eigenvalue weighted by atomic mass is 32.2. The van der Waals surface area contributed by atoms with E-state index in [0.717, 1.165) is 5.56 Å². The molecule has 5 heteroatoms. The van der Waals surface area contributed by atoms with E-state index in [-0.39, 0.29) is 17.6 Å². The van der Waals surface area contributed by atoms with Gasteiger partial charge in [-0.05, 0) is 37.6 Å². The molecule has 1 aromatic carbocycles. The fourth-order valence-electron chi connectivity index (χ4n) is 1.64. The topological polar surface area (TPSA) is 46.2 Å². The minimum Gasteiger partial charge on any atom is -0.313 e. The molecule has 3 nitrogen and oxygen atoms in total. The highest BCUT2D eigenvalue weighted by Crippen LogP contribution is 2.19. The van der Waals surface area contributed by atoms with E-state index in [2.05, 4.69) is 5.32 Å². The third kappa shape index (κ3) is 4.44. The summed E-state index contributed by atoms with van der Waals surface area (Å²) in [4.78, 5) is 0. The summed E-state index contributed by atoms with van der Waals surface area (Å²) in [7, 11) is -1.25. The van der Waals surface area contributed by atoms with Gasteiger partial charge in [0.15, 0.2) is 0 Å². The van der Waals surface area contributed by atoms with Gasteiger partial charge in [0.25, 0.3) is 0 Å². The first-order chi connectivity index (χ1) is 7.83. The van der Waals surface area contributed by atoms with Gasteiger partial charge in [-0.25, -0.2) is 12.8 Å². The molecule has 1 rings (SSSR count). The molecule has 0 aliphatic carbocycles. The Balaban J connectivity index is 2.83. The average molecular weight is 259 g/mol. The molecule has 0 amide bonds. The third-order valence-corrected chi connectivity index (χ3v) is 3.70. The van der Waals surface area contributed by atoms with Gasteiger partial charge in [-0.3, -0.25) is 0 Å². The highest BCUT2D eigenvalue weighted by molar-refractivity contribution is 7.90. The molecule has 1 N–H and O–H groups in total. The Kier molecular flexibility index (Phi) is 4.65. The van der Waals surface area contributed by atoms with Crippen LogP contribution in [-0.4, -0.2) is 27.5 Å². The van der Waals surface area contributed by atoms with Gasteiger partial charge in [-0.2, -0.15) is 0 Å². The van der Waals surface area contributed by atoms with Crippen molar-refractivity contribution in [3.8, 4) is 0 Å². The lowest BCUT2D eigenvalue weighted by atomic mass is 10.0. The number of hydrogen-bond donors (Lipinski definition) is 1. The smallest absolute Gasteiger partial charge is 0.147 e. The van der Waals surface area contributed by atoms with Crippen molar-refractivity contribution in [3.05, 3.63) is 35.1 Å². The van der Waals surface area contributed by atoms with Crippen LogP contribution in [0.2, 0.25) is 0 Å². The zero-order chi connectivity index (χ0) is 13.1. The summed E-state index contributed by atoms with van der Waals surface area (Å²) in [5.74, 6) is -0.171. The highest BCUT2D eigenvalue weighted by Gasteiger charge is 2.13. The fraction of sp³-hybridized carbons (Fsp3) is 0.500. The molecule has 0 saturated heterocycles. The van der Waals surface area contributed by atoms with Crippen LogP contribution < -0.4 is 5.32 Å². The fourth-order valence-corrected chi connectivity index (χ4v) is 2.30. The van der Waals surface area contributed by atoms with Crippen molar-refractivity contribution < 1.29 is 12.8 Å². The number of benzene rings is 1. The van der Waals surface area contributed by atoms with Gasteiger partial charge >= 0.3 is 0 Å². The van der Waals surface area contributed by atoms with Gasteiger partial charge in [0.2, 0.25) is 0 Å². The van der Waals surface area contributed by atoms with E-state index in [1.165, 1.54) is 12.3 Å². The molecule has 0 aromatic heterocycles. The van der Waals surface area contributed by atoms with Crippen LogP contribution in [0.5, 0.6) is 0 Å². The molecule has 0 fully saturated rings. The Bertz CT molecular complexity index is 485. The first-order valence-corrected chi connectivity index (χ1v) is 7.50. The molecule has 0 saturated carbocycles. The summed E-state index contributed by atoms with van der Waals surface area (Å²) in [6.07, 6.45) is 1.65. The summed E-state index contributed by atoms with van der Waals surface area (Å²) in [5, 5.41) is 3.01. The molecule has 96 valence electrons. The lowest BCUT2D eigenvalue weighted by molar-refractivity contribution is 0.552. The molecule has 17 heavy (non-hydrogen) atoms. The predicted octanol–water partition coefficient (Wildman–Crippen LogP) is 1.83. The van der Waals surface area contributed by atoms with Crippen molar-refractivity contribution in [2.24, 2.45) is 0 Å². The number of sulfone groups is 1. The number of aryl methyl sites for hydroxylation is 1. The van der Waals surface area contributed by atoms with E-state index < -0.39 is 9.84 Å². The first-order valence-electron chi connectivity index (χ1n) is 5.44. The van der Waals surface area contributed by atoms with Crippen LogP contribution in [0, 0.1) is 12.7 Å². The first kappa shape index (κ1) is 14.1. The lowest BCUT2D eigenvalue weighted by Gasteiger charge is -2.16. The quantitative estimate of drug-likeness (QED) is 0.877. The summed E-state index contributed by atoms with van der Waals surface area (Å²) in [6.45, 7) is 1.70. The van der Waals surface area contributed by atoms with Crippen LogP contribution in [0.3, 0.4) is 0 Å². The lowest BCUT2D eigenvalue weighted by Crippen LogP contribution is -2.20. The third-order valence-electron chi connectivity index (χ3n) is 2.72. The van der Waals surface area contributed by atoms with Crippen LogP contribution in [0.4, 0.5) is 4.39 Å². The molecule has 1 aromatic rings. The normalized spacial score (nSPS) is 13.6. The van der Waals surface area contributed by atoms with E-state index in [1.54, 1.807) is 20.0 Å². The predicted molar refractivity (Wildman–Crippen MR) is 67.3 cm³/mol. The van der Waals surface area contributed by atoms with Gasteiger partial charge in [-0.15, -0.1) is 0 Å². The van der Waals surface area contributed by atoms with Crippen LogP contribution in [0.25, 0.3) is 0 Å². The number of rotatable bonds is 5. The maximum Gasteiger partial charge on any atom is 0.147 e. The van der Waals surface area contributed by atoms with Gasteiger partial charge < -0.3 is 5.32 Å². The van der Waals surface area contributed by atoms with Crippen molar-refractivity contribution in [3.63, 3.8) is 0 Å². The molecule has 1 unspecified atom stereocenters. The van der Waals surface area contributed by atoms with Crippen molar-refractivity contribution in [1.29, 1.82) is 0 Å². The van der Waals surface area contributed by atoms with Crippen molar-refractivity contribution in [2.45, 2.75) is 19.4 Å². The van der Waals surface area contributed by atoms with E-state index >= 15 is 0 Å². The summed E-state index contributed by atoms with van der Waals surface area (Å²) in [5.41, 5.74) is 1.37. The second-order valence-corrected chi connectivity index (χ2v) is 6.53. The molecule has 0 radical (unpaired) electrons. The minimum absolute atomic E-state index is 0.0913.